The van der Waals surface area contributed by atoms with Crippen molar-refractivity contribution >= 4 is 11.6 Å². The van der Waals surface area contributed by atoms with Crippen molar-refractivity contribution in [3.8, 4) is 0 Å². The molecule has 15 heavy (non-hydrogen) atoms. The zero-order valence-corrected chi connectivity index (χ0v) is 9.58. The van der Waals surface area contributed by atoms with E-state index in [1.807, 2.05) is 24.3 Å². The first kappa shape index (κ1) is 12.5. The topological polar surface area (TPSA) is 55.3 Å². The molecule has 0 saturated carbocycles. The maximum absolute atomic E-state index is 5.82. The number of nitrogens with two attached hydrogens (primary N) is 2. The summed E-state index contributed by atoms with van der Waals surface area (Å²) in [4.78, 5) is 2.24. The highest BCUT2D eigenvalue weighted by Gasteiger charge is 2.03. The number of nitrogens with zero attached hydrogens (tertiary/aromatic N) is 1. The van der Waals surface area contributed by atoms with Gasteiger partial charge in [-0.1, -0.05) is 23.7 Å². The van der Waals surface area contributed by atoms with Crippen LogP contribution in [0.5, 0.6) is 0 Å². The molecule has 1 rings (SSSR count). The summed E-state index contributed by atoms with van der Waals surface area (Å²) in [6, 6.07) is 7.87. The summed E-state index contributed by atoms with van der Waals surface area (Å²) in [5, 5.41) is 0.767. The van der Waals surface area contributed by atoms with Crippen LogP contribution in [0.1, 0.15) is 5.56 Å². The molecule has 3 nitrogen and oxygen atoms in total. The van der Waals surface area contributed by atoms with Gasteiger partial charge in [0, 0.05) is 37.7 Å². The Hall–Kier alpha value is -0.610. The highest BCUT2D eigenvalue weighted by Crippen LogP contribution is 2.11. The van der Waals surface area contributed by atoms with Gasteiger partial charge in [-0.05, 0) is 17.7 Å². The second-order valence-electron chi connectivity index (χ2n) is 3.48. The third-order valence-electron chi connectivity index (χ3n) is 2.21. The van der Waals surface area contributed by atoms with E-state index < -0.39 is 0 Å². The lowest BCUT2D eigenvalue weighted by Crippen LogP contribution is -2.33. The first-order valence-electron chi connectivity index (χ1n) is 5.13. The number of halogens is 1. The first-order chi connectivity index (χ1) is 7.26. The molecule has 1 aromatic rings. The van der Waals surface area contributed by atoms with E-state index in [-0.39, 0.29) is 0 Å². The van der Waals surface area contributed by atoms with Gasteiger partial charge in [-0.25, -0.2) is 0 Å². The molecular weight excluding hydrogens is 210 g/mol. The third-order valence-corrected chi connectivity index (χ3v) is 2.46. The van der Waals surface area contributed by atoms with Crippen LogP contribution in [0.25, 0.3) is 0 Å². The van der Waals surface area contributed by atoms with E-state index in [0.717, 1.165) is 24.7 Å². The van der Waals surface area contributed by atoms with Crippen molar-refractivity contribution in [1.29, 1.82) is 0 Å². The lowest BCUT2D eigenvalue weighted by Gasteiger charge is -2.20. The Labute approximate surface area is 96.0 Å². The Morgan fingerprint density at radius 1 is 1.00 bits per heavy atom. The van der Waals surface area contributed by atoms with Crippen LogP contribution in [0.4, 0.5) is 0 Å². The molecule has 0 fully saturated rings. The molecule has 0 saturated heterocycles. The normalized spacial score (nSPS) is 10.9. The van der Waals surface area contributed by atoms with Crippen LogP contribution in [0, 0.1) is 0 Å². The van der Waals surface area contributed by atoms with Gasteiger partial charge in [0.1, 0.15) is 0 Å². The fraction of sp³-hybridized carbons (Fsp3) is 0.455. The number of hydrogen-bond donors (Lipinski definition) is 2. The highest BCUT2D eigenvalue weighted by atomic mass is 35.5. The quantitative estimate of drug-likeness (QED) is 0.764. The minimum atomic E-state index is 0.660. The van der Waals surface area contributed by atoms with Gasteiger partial charge < -0.3 is 11.5 Å². The molecule has 0 unspecified atom stereocenters. The average molecular weight is 228 g/mol. The zero-order chi connectivity index (χ0) is 11.1. The molecule has 0 aliphatic rings. The monoisotopic (exact) mass is 227 g/mol. The largest absolute Gasteiger partial charge is 0.329 e. The second kappa shape index (κ2) is 6.80. The van der Waals surface area contributed by atoms with Gasteiger partial charge in [0.05, 0.1) is 0 Å². The molecular formula is C11H18ClN3. The molecule has 0 amide bonds. The van der Waals surface area contributed by atoms with Crippen LogP contribution < -0.4 is 11.5 Å². The van der Waals surface area contributed by atoms with Gasteiger partial charge in [-0.15, -0.1) is 0 Å². The van der Waals surface area contributed by atoms with Crippen molar-refractivity contribution in [2.75, 3.05) is 26.2 Å². The Bertz CT molecular complexity index is 268. The average Bonchev–Trinajstić information content (AvgIpc) is 2.22. The maximum atomic E-state index is 5.82. The molecule has 0 aromatic heterocycles. The third kappa shape index (κ3) is 4.62. The summed E-state index contributed by atoms with van der Waals surface area (Å²) >= 11 is 5.82. The van der Waals surface area contributed by atoms with Crippen molar-refractivity contribution in [2.45, 2.75) is 6.54 Å². The Kier molecular flexibility index (Phi) is 5.65. The fourth-order valence-corrected chi connectivity index (χ4v) is 1.61. The molecule has 0 atom stereocenters. The van der Waals surface area contributed by atoms with E-state index in [9.17, 15) is 0 Å². The van der Waals surface area contributed by atoms with E-state index in [0.29, 0.717) is 13.1 Å². The molecule has 0 aliphatic heterocycles. The van der Waals surface area contributed by atoms with Gasteiger partial charge >= 0.3 is 0 Å². The van der Waals surface area contributed by atoms with Crippen molar-refractivity contribution in [2.24, 2.45) is 11.5 Å². The van der Waals surface area contributed by atoms with E-state index in [2.05, 4.69) is 4.90 Å². The van der Waals surface area contributed by atoms with Crippen molar-refractivity contribution in [3.05, 3.63) is 34.9 Å². The second-order valence-corrected chi connectivity index (χ2v) is 3.92. The van der Waals surface area contributed by atoms with Crippen LogP contribution in [-0.2, 0) is 6.54 Å². The Balaban J connectivity index is 2.53. The Morgan fingerprint density at radius 2 is 1.53 bits per heavy atom. The van der Waals surface area contributed by atoms with E-state index in [1.54, 1.807) is 0 Å². The molecule has 4 heteroatoms. The molecule has 1 aromatic carbocycles. The molecule has 0 radical (unpaired) electrons. The SMILES string of the molecule is NCCN(CCN)Cc1ccc(Cl)cc1. The lowest BCUT2D eigenvalue weighted by atomic mass is 10.2. The fourth-order valence-electron chi connectivity index (χ4n) is 1.48. The van der Waals surface area contributed by atoms with Gasteiger partial charge in [-0.3, -0.25) is 4.90 Å². The number of benzene rings is 1. The van der Waals surface area contributed by atoms with Crippen molar-refractivity contribution in [1.82, 2.24) is 4.90 Å². The van der Waals surface area contributed by atoms with Gasteiger partial charge in [0.15, 0.2) is 0 Å². The van der Waals surface area contributed by atoms with Crippen LogP contribution in [0.2, 0.25) is 5.02 Å². The molecule has 0 heterocycles. The molecule has 0 spiro atoms. The van der Waals surface area contributed by atoms with E-state index >= 15 is 0 Å². The van der Waals surface area contributed by atoms with Crippen molar-refractivity contribution < 1.29 is 0 Å². The smallest absolute Gasteiger partial charge is 0.0406 e. The van der Waals surface area contributed by atoms with Crippen LogP contribution in [0.3, 0.4) is 0 Å². The minimum absolute atomic E-state index is 0.660. The molecule has 4 N–H and O–H groups in total. The summed E-state index contributed by atoms with van der Waals surface area (Å²) in [5.41, 5.74) is 12.3. The Morgan fingerprint density at radius 3 is 2.00 bits per heavy atom. The van der Waals surface area contributed by atoms with Crippen molar-refractivity contribution in [3.63, 3.8) is 0 Å². The standard InChI is InChI=1S/C11H18ClN3/c12-11-3-1-10(2-4-11)9-15(7-5-13)8-6-14/h1-4H,5-9,13-14H2. The van der Waals surface area contributed by atoms with E-state index in [4.69, 9.17) is 23.1 Å². The summed E-state index contributed by atoms with van der Waals surface area (Å²) < 4.78 is 0. The summed E-state index contributed by atoms with van der Waals surface area (Å²) in [5.74, 6) is 0. The van der Waals surface area contributed by atoms with Crippen LogP contribution in [-0.4, -0.2) is 31.1 Å². The first-order valence-corrected chi connectivity index (χ1v) is 5.51. The zero-order valence-electron chi connectivity index (χ0n) is 8.82. The van der Waals surface area contributed by atoms with Crippen LogP contribution in [0.15, 0.2) is 24.3 Å². The predicted molar refractivity (Wildman–Crippen MR) is 64.8 cm³/mol. The predicted octanol–water partition coefficient (Wildman–Crippen LogP) is 1.06. The molecule has 0 bridgehead atoms. The van der Waals surface area contributed by atoms with Gasteiger partial charge in [-0.2, -0.15) is 0 Å². The molecule has 0 aliphatic carbocycles. The minimum Gasteiger partial charge on any atom is -0.329 e. The summed E-state index contributed by atoms with van der Waals surface area (Å²) in [6.45, 7) is 3.95. The van der Waals surface area contributed by atoms with Gasteiger partial charge in [0.25, 0.3) is 0 Å². The maximum Gasteiger partial charge on any atom is 0.0406 e. The number of hydrogen-bond acceptors (Lipinski definition) is 3. The van der Waals surface area contributed by atoms with Gasteiger partial charge in [0.2, 0.25) is 0 Å². The lowest BCUT2D eigenvalue weighted by molar-refractivity contribution is 0.281. The van der Waals surface area contributed by atoms with Crippen LogP contribution >= 0.6 is 11.6 Å². The molecule has 84 valence electrons. The summed E-state index contributed by atoms with van der Waals surface area (Å²) in [6.07, 6.45) is 0. The van der Waals surface area contributed by atoms with E-state index in [1.165, 1.54) is 5.56 Å². The number of rotatable bonds is 6. The summed E-state index contributed by atoms with van der Waals surface area (Å²) in [7, 11) is 0. The highest BCUT2D eigenvalue weighted by molar-refractivity contribution is 6.30.